The third-order valence-electron chi connectivity index (χ3n) is 1.95. The van der Waals surface area contributed by atoms with Crippen LogP contribution in [0.1, 0.15) is 0 Å². The maximum absolute atomic E-state index is 11.7. The number of thioether (sulfide) groups is 1. The number of nitrogens with one attached hydrogen (secondary N) is 1. The van der Waals surface area contributed by atoms with Crippen molar-refractivity contribution in [2.45, 2.75) is 0 Å². The predicted octanol–water partition coefficient (Wildman–Crippen LogP) is 2.39. The third-order valence-corrected chi connectivity index (χ3v) is 2.85. The van der Waals surface area contributed by atoms with Gasteiger partial charge in [-0.1, -0.05) is 18.2 Å². The highest BCUT2D eigenvalue weighted by Gasteiger charge is 2.02. The Labute approximate surface area is 101 Å². The van der Waals surface area contributed by atoms with Crippen LogP contribution >= 0.6 is 11.8 Å². The number of anilines is 1. The second-order valence-corrected chi connectivity index (χ2v) is 4.26. The lowest BCUT2D eigenvalue weighted by atomic mass is 10.3. The molecule has 1 aromatic carbocycles. The summed E-state index contributed by atoms with van der Waals surface area (Å²) in [7, 11) is 3.83. The Morgan fingerprint density at radius 3 is 2.44 bits per heavy atom. The lowest BCUT2D eigenvalue weighted by molar-refractivity contribution is -0.112. The molecule has 0 spiro atoms. The van der Waals surface area contributed by atoms with Gasteiger partial charge in [-0.15, -0.1) is 11.8 Å². The predicted molar refractivity (Wildman–Crippen MR) is 70.4 cm³/mol. The molecule has 0 heterocycles. The first-order valence-electron chi connectivity index (χ1n) is 4.92. The van der Waals surface area contributed by atoms with Gasteiger partial charge in [0.1, 0.15) is 0 Å². The lowest BCUT2D eigenvalue weighted by Crippen LogP contribution is -2.14. The zero-order chi connectivity index (χ0) is 12.0. The smallest absolute Gasteiger partial charge is 0.250 e. The summed E-state index contributed by atoms with van der Waals surface area (Å²) in [6.45, 7) is 0. The van der Waals surface area contributed by atoms with Crippen molar-refractivity contribution in [2.24, 2.45) is 0 Å². The van der Waals surface area contributed by atoms with Crippen LogP contribution in [0.2, 0.25) is 0 Å². The number of para-hydroxylation sites is 1. The fourth-order valence-electron chi connectivity index (χ4n) is 1.18. The topological polar surface area (TPSA) is 32.3 Å². The molecule has 0 fully saturated rings. The van der Waals surface area contributed by atoms with Crippen molar-refractivity contribution >= 4 is 23.4 Å². The Hall–Kier alpha value is -1.42. The van der Waals surface area contributed by atoms with Crippen LogP contribution in [0.5, 0.6) is 0 Å². The van der Waals surface area contributed by atoms with Crippen molar-refractivity contribution in [1.82, 2.24) is 4.90 Å². The number of hydrogen-bond donors (Lipinski definition) is 1. The summed E-state index contributed by atoms with van der Waals surface area (Å²) in [6.07, 6.45) is 3.54. The van der Waals surface area contributed by atoms with Gasteiger partial charge in [0.05, 0.1) is 5.03 Å². The summed E-state index contributed by atoms with van der Waals surface area (Å²) in [6, 6.07) is 9.42. The van der Waals surface area contributed by atoms with Crippen molar-refractivity contribution in [3.8, 4) is 0 Å². The van der Waals surface area contributed by atoms with Gasteiger partial charge in [0.25, 0.3) is 5.91 Å². The fourth-order valence-corrected chi connectivity index (χ4v) is 1.77. The Morgan fingerprint density at radius 1 is 1.31 bits per heavy atom. The summed E-state index contributed by atoms with van der Waals surface area (Å²) in [5.74, 6) is -0.107. The van der Waals surface area contributed by atoms with E-state index in [1.54, 1.807) is 17.8 Å². The molecular weight excluding hydrogens is 220 g/mol. The number of carbonyl (C=O) groups is 1. The van der Waals surface area contributed by atoms with Gasteiger partial charge >= 0.3 is 0 Å². The van der Waals surface area contributed by atoms with Crippen molar-refractivity contribution in [3.63, 3.8) is 0 Å². The van der Waals surface area contributed by atoms with E-state index in [4.69, 9.17) is 0 Å². The van der Waals surface area contributed by atoms with Crippen LogP contribution in [0.3, 0.4) is 0 Å². The summed E-state index contributed by atoms with van der Waals surface area (Å²) in [5, 5.41) is 3.73. The molecule has 0 aliphatic heterocycles. The third kappa shape index (κ3) is 3.98. The molecule has 86 valence electrons. The summed E-state index contributed by atoms with van der Waals surface area (Å²) in [4.78, 5) is 13.6. The van der Waals surface area contributed by atoms with Gasteiger partial charge in [-0.2, -0.15) is 0 Å². The van der Waals surface area contributed by atoms with Gasteiger partial charge in [0.2, 0.25) is 0 Å². The molecule has 0 saturated heterocycles. The van der Waals surface area contributed by atoms with Crippen LogP contribution < -0.4 is 5.32 Å². The van der Waals surface area contributed by atoms with E-state index in [0.29, 0.717) is 0 Å². The molecule has 1 amide bonds. The van der Waals surface area contributed by atoms with E-state index in [9.17, 15) is 4.79 Å². The zero-order valence-electron chi connectivity index (χ0n) is 9.73. The number of amides is 1. The number of carbonyl (C=O) groups excluding carboxylic acids is 1. The van der Waals surface area contributed by atoms with Gasteiger partial charge in [0, 0.05) is 25.9 Å². The molecule has 0 bridgehead atoms. The first-order valence-corrected chi connectivity index (χ1v) is 6.15. The molecule has 0 aromatic heterocycles. The molecule has 0 atom stereocenters. The molecular formula is C12H16N2OS. The molecule has 1 aromatic rings. The highest BCUT2D eigenvalue weighted by atomic mass is 32.2. The van der Waals surface area contributed by atoms with E-state index < -0.39 is 0 Å². The molecule has 1 rings (SSSR count). The first-order chi connectivity index (χ1) is 7.63. The van der Waals surface area contributed by atoms with Crippen LogP contribution in [-0.2, 0) is 4.79 Å². The molecule has 0 unspecified atom stereocenters. The molecule has 4 heteroatoms. The molecule has 0 radical (unpaired) electrons. The zero-order valence-corrected chi connectivity index (χ0v) is 10.5. The second kappa shape index (κ2) is 6.23. The maximum Gasteiger partial charge on any atom is 0.250 e. The fraction of sp³-hybridized carbons (Fsp3) is 0.250. The number of nitrogens with zero attached hydrogens (tertiary/aromatic N) is 1. The SMILES string of the molecule is CSC(=CC(=O)Nc1ccccc1)N(C)C. The average Bonchev–Trinajstić information content (AvgIpc) is 2.27. The molecule has 0 aliphatic carbocycles. The average molecular weight is 236 g/mol. The van der Waals surface area contributed by atoms with Crippen LogP contribution in [0.25, 0.3) is 0 Å². The van der Waals surface area contributed by atoms with Crippen LogP contribution in [0.15, 0.2) is 41.4 Å². The Kier molecular flexibility index (Phi) is 4.92. The summed E-state index contributed by atoms with van der Waals surface area (Å²) >= 11 is 1.54. The van der Waals surface area contributed by atoms with Crippen molar-refractivity contribution in [1.29, 1.82) is 0 Å². The largest absolute Gasteiger partial charge is 0.372 e. The molecule has 0 aliphatic rings. The molecule has 16 heavy (non-hydrogen) atoms. The minimum absolute atomic E-state index is 0.107. The van der Waals surface area contributed by atoms with Crippen molar-refractivity contribution in [3.05, 3.63) is 41.4 Å². The summed E-state index contributed by atoms with van der Waals surface area (Å²) < 4.78 is 0. The van der Waals surface area contributed by atoms with E-state index in [-0.39, 0.29) is 5.91 Å². The van der Waals surface area contributed by atoms with E-state index in [1.807, 2.05) is 55.6 Å². The highest BCUT2D eigenvalue weighted by molar-refractivity contribution is 8.02. The minimum atomic E-state index is -0.107. The normalized spacial score (nSPS) is 11.1. The van der Waals surface area contributed by atoms with Crippen molar-refractivity contribution in [2.75, 3.05) is 25.7 Å². The van der Waals surface area contributed by atoms with Crippen LogP contribution in [0.4, 0.5) is 5.69 Å². The van der Waals surface area contributed by atoms with E-state index in [1.165, 1.54) is 0 Å². The van der Waals surface area contributed by atoms with E-state index in [0.717, 1.165) is 10.7 Å². The molecule has 0 saturated carbocycles. The Bertz CT molecular complexity index is 374. The van der Waals surface area contributed by atoms with Gasteiger partial charge in [-0.05, 0) is 18.4 Å². The second-order valence-electron chi connectivity index (χ2n) is 3.44. The molecule has 1 N–H and O–H groups in total. The van der Waals surface area contributed by atoms with Crippen LogP contribution in [0, 0.1) is 0 Å². The van der Waals surface area contributed by atoms with Crippen molar-refractivity contribution < 1.29 is 4.79 Å². The lowest BCUT2D eigenvalue weighted by Gasteiger charge is -2.14. The quantitative estimate of drug-likeness (QED) is 0.815. The monoisotopic (exact) mass is 236 g/mol. The number of rotatable bonds is 4. The summed E-state index contributed by atoms with van der Waals surface area (Å²) in [5.41, 5.74) is 0.808. The van der Waals surface area contributed by atoms with Crippen LogP contribution in [-0.4, -0.2) is 31.2 Å². The highest BCUT2D eigenvalue weighted by Crippen LogP contribution is 2.14. The standard InChI is InChI=1S/C12H16N2OS/c1-14(2)12(16-3)9-11(15)13-10-7-5-4-6-8-10/h4-9H,1-3H3,(H,13,15). The Morgan fingerprint density at radius 2 is 1.94 bits per heavy atom. The Balaban J connectivity index is 2.66. The van der Waals surface area contributed by atoms with E-state index in [2.05, 4.69) is 5.32 Å². The van der Waals surface area contributed by atoms with Gasteiger partial charge < -0.3 is 10.2 Å². The van der Waals surface area contributed by atoms with Gasteiger partial charge in [-0.3, -0.25) is 4.79 Å². The van der Waals surface area contributed by atoms with E-state index >= 15 is 0 Å². The van der Waals surface area contributed by atoms with Gasteiger partial charge in [-0.25, -0.2) is 0 Å². The number of hydrogen-bond acceptors (Lipinski definition) is 3. The first kappa shape index (κ1) is 12.6. The minimum Gasteiger partial charge on any atom is -0.372 e. The molecule has 3 nitrogen and oxygen atoms in total. The maximum atomic E-state index is 11.7. The number of benzene rings is 1. The van der Waals surface area contributed by atoms with Gasteiger partial charge in [0.15, 0.2) is 0 Å².